The summed E-state index contributed by atoms with van der Waals surface area (Å²) in [5.74, 6) is 1.83. The average molecular weight is 446 g/mol. The zero-order chi connectivity index (χ0) is 19.5. The Kier molecular flexibility index (Phi) is 5.72. The Morgan fingerprint density at radius 2 is 1.46 bits per heavy atom. The molecular weight excluding hydrogens is 422 g/mol. The highest BCUT2D eigenvalue weighted by Gasteiger charge is 2.24. The van der Waals surface area contributed by atoms with E-state index in [9.17, 15) is 4.79 Å². The van der Waals surface area contributed by atoms with Crippen molar-refractivity contribution in [2.75, 3.05) is 69.2 Å². The van der Waals surface area contributed by atoms with E-state index in [1.54, 1.807) is 12.4 Å². The van der Waals surface area contributed by atoms with Crippen LogP contribution in [0.3, 0.4) is 0 Å². The largest absolute Gasteiger partial charge is 0.353 e. The first-order valence-corrected chi connectivity index (χ1v) is 10.3. The fourth-order valence-corrected chi connectivity index (χ4v) is 3.91. The third-order valence-electron chi connectivity index (χ3n) is 5.31. The SMILES string of the molecule is CN1CCN(c2ccc(N3CCN(C(=O)c4cncc(Br)c4)CC3)nn2)CC1. The summed E-state index contributed by atoms with van der Waals surface area (Å²) in [4.78, 5) is 25.4. The Hall–Kier alpha value is -2.26. The number of carbonyl (C=O) groups excluding carboxylic acids is 1. The van der Waals surface area contributed by atoms with Gasteiger partial charge in [-0.05, 0) is 41.2 Å². The second-order valence-electron chi connectivity index (χ2n) is 7.21. The van der Waals surface area contributed by atoms with Gasteiger partial charge in [-0.3, -0.25) is 9.78 Å². The van der Waals surface area contributed by atoms with Gasteiger partial charge in [0.15, 0.2) is 11.6 Å². The van der Waals surface area contributed by atoms with Crippen LogP contribution in [0.25, 0.3) is 0 Å². The highest BCUT2D eigenvalue weighted by atomic mass is 79.9. The highest BCUT2D eigenvalue weighted by Crippen LogP contribution is 2.19. The molecule has 4 heterocycles. The van der Waals surface area contributed by atoms with Crippen molar-refractivity contribution in [2.24, 2.45) is 0 Å². The van der Waals surface area contributed by atoms with Gasteiger partial charge in [0.1, 0.15) is 0 Å². The topological polar surface area (TPSA) is 68.7 Å². The molecule has 0 radical (unpaired) electrons. The molecule has 9 heteroatoms. The summed E-state index contributed by atoms with van der Waals surface area (Å²) in [6.45, 7) is 6.87. The summed E-state index contributed by atoms with van der Waals surface area (Å²) < 4.78 is 0.813. The number of hydrogen-bond acceptors (Lipinski definition) is 7. The molecule has 2 aromatic rings. The number of halogens is 1. The zero-order valence-electron chi connectivity index (χ0n) is 16.0. The predicted molar refractivity (Wildman–Crippen MR) is 112 cm³/mol. The molecule has 1 amide bonds. The van der Waals surface area contributed by atoms with Gasteiger partial charge in [-0.2, -0.15) is 0 Å². The lowest BCUT2D eigenvalue weighted by atomic mass is 10.2. The summed E-state index contributed by atoms with van der Waals surface area (Å²) >= 11 is 3.37. The summed E-state index contributed by atoms with van der Waals surface area (Å²) in [5.41, 5.74) is 0.610. The smallest absolute Gasteiger partial charge is 0.255 e. The van der Waals surface area contributed by atoms with Gasteiger partial charge in [0.2, 0.25) is 0 Å². The molecule has 2 saturated heterocycles. The van der Waals surface area contributed by atoms with Gasteiger partial charge in [-0.15, -0.1) is 10.2 Å². The molecular formula is C19H24BrN7O. The maximum atomic E-state index is 12.6. The molecule has 2 fully saturated rings. The molecule has 2 aliphatic rings. The van der Waals surface area contributed by atoms with Crippen molar-refractivity contribution in [2.45, 2.75) is 0 Å². The van der Waals surface area contributed by atoms with Gasteiger partial charge in [0.05, 0.1) is 5.56 Å². The average Bonchev–Trinajstić information content (AvgIpc) is 2.74. The van der Waals surface area contributed by atoms with Crippen molar-refractivity contribution in [1.82, 2.24) is 25.0 Å². The zero-order valence-corrected chi connectivity index (χ0v) is 17.5. The number of rotatable bonds is 3. The maximum Gasteiger partial charge on any atom is 0.255 e. The van der Waals surface area contributed by atoms with Gasteiger partial charge in [0.25, 0.3) is 5.91 Å². The van der Waals surface area contributed by atoms with Gasteiger partial charge >= 0.3 is 0 Å². The Balaban J connectivity index is 1.34. The molecule has 0 saturated carbocycles. The molecule has 0 spiro atoms. The number of anilines is 2. The normalized spacial score (nSPS) is 18.4. The molecule has 0 aromatic carbocycles. The number of piperazine rings is 2. The molecule has 0 bridgehead atoms. The number of likely N-dealkylation sites (N-methyl/N-ethyl adjacent to an activating group) is 1. The third kappa shape index (κ3) is 4.25. The van der Waals surface area contributed by atoms with Crippen molar-refractivity contribution in [3.05, 3.63) is 40.6 Å². The monoisotopic (exact) mass is 445 g/mol. The first-order chi connectivity index (χ1) is 13.6. The highest BCUT2D eigenvalue weighted by molar-refractivity contribution is 9.10. The summed E-state index contributed by atoms with van der Waals surface area (Å²) in [6, 6.07) is 5.90. The van der Waals surface area contributed by atoms with Crippen LogP contribution in [0.4, 0.5) is 11.6 Å². The Bertz CT molecular complexity index is 815. The van der Waals surface area contributed by atoms with Crippen molar-refractivity contribution in [3.63, 3.8) is 0 Å². The van der Waals surface area contributed by atoms with E-state index < -0.39 is 0 Å². The first-order valence-electron chi connectivity index (χ1n) is 9.52. The maximum absolute atomic E-state index is 12.6. The fourth-order valence-electron chi connectivity index (χ4n) is 3.54. The van der Waals surface area contributed by atoms with Crippen molar-refractivity contribution < 1.29 is 4.79 Å². The Morgan fingerprint density at radius 1 is 0.893 bits per heavy atom. The van der Waals surface area contributed by atoms with Crippen molar-refractivity contribution >= 4 is 33.5 Å². The lowest BCUT2D eigenvalue weighted by Gasteiger charge is -2.35. The van der Waals surface area contributed by atoms with Gasteiger partial charge in [0, 0.05) is 69.2 Å². The lowest BCUT2D eigenvalue weighted by molar-refractivity contribution is 0.0746. The van der Waals surface area contributed by atoms with Crippen LogP contribution in [0, 0.1) is 0 Å². The summed E-state index contributed by atoms with van der Waals surface area (Å²) in [6.07, 6.45) is 3.29. The van der Waals surface area contributed by atoms with Crippen LogP contribution in [-0.4, -0.2) is 90.3 Å². The number of aromatic nitrogens is 3. The van der Waals surface area contributed by atoms with Crippen molar-refractivity contribution in [1.29, 1.82) is 0 Å². The minimum atomic E-state index is 0.0185. The van der Waals surface area contributed by atoms with E-state index in [2.05, 4.69) is 58.9 Å². The second-order valence-corrected chi connectivity index (χ2v) is 8.13. The molecule has 28 heavy (non-hydrogen) atoms. The number of nitrogens with zero attached hydrogens (tertiary/aromatic N) is 7. The predicted octanol–water partition coefficient (Wildman–Crippen LogP) is 1.35. The molecule has 0 aliphatic carbocycles. The third-order valence-corrected chi connectivity index (χ3v) is 5.74. The minimum absolute atomic E-state index is 0.0185. The van der Waals surface area contributed by atoms with E-state index in [4.69, 9.17) is 0 Å². The van der Waals surface area contributed by atoms with Gasteiger partial charge in [-0.1, -0.05) is 0 Å². The second kappa shape index (κ2) is 8.40. The molecule has 0 unspecified atom stereocenters. The molecule has 2 aliphatic heterocycles. The van der Waals surface area contributed by atoms with Gasteiger partial charge in [-0.25, -0.2) is 0 Å². The van der Waals surface area contributed by atoms with Crippen LogP contribution >= 0.6 is 15.9 Å². The standard InChI is InChI=1S/C19H24BrN7O/c1-24-4-6-25(7-5-24)17-2-3-18(23-22-17)26-8-10-27(11-9-26)19(28)15-12-16(20)14-21-13-15/h2-3,12-14H,4-11H2,1H3. The van der Waals surface area contributed by atoms with E-state index >= 15 is 0 Å². The van der Waals surface area contributed by atoms with Crippen LogP contribution in [0.15, 0.2) is 35.1 Å². The van der Waals surface area contributed by atoms with Gasteiger partial charge < -0.3 is 19.6 Å². The van der Waals surface area contributed by atoms with E-state index in [-0.39, 0.29) is 5.91 Å². The van der Waals surface area contributed by atoms with E-state index in [0.29, 0.717) is 18.7 Å². The molecule has 8 nitrogen and oxygen atoms in total. The van der Waals surface area contributed by atoms with Crippen LogP contribution in [0.5, 0.6) is 0 Å². The minimum Gasteiger partial charge on any atom is -0.353 e. The Labute approximate surface area is 173 Å². The summed E-state index contributed by atoms with van der Waals surface area (Å²) in [5, 5.41) is 8.87. The van der Waals surface area contributed by atoms with Crippen LogP contribution in [0.2, 0.25) is 0 Å². The number of amides is 1. The molecule has 148 valence electrons. The molecule has 0 atom stereocenters. The number of hydrogen-bond donors (Lipinski definition) is 0. The van der Waals surface area contributed by atoms with Crippen molar-refractivity contribution in [3.8, 4) is 0 Å². The lowest BCUT2D eigenvalue weighted by Crippen LogP contribution is -2.49. The van der Waals surface area contributed by atoms with E-state index in [0.717, 1.165) is 55.4 Å². The van der Waals surface area contributed by atoms with E-state index in [1.807, 2.05) is 17.0 Å². The molecule has 0 N–H and O–H groups in total. The number of carbonyl (C=O) groups is 1. The van der Waals surface area contributed by atoms with E-state index in [1.165, 1.54) is 0 Å². The van der Waals surface area contributed by atoms with Crippen LogP contribution in [0.1, 0.15) is 10.4 Å². The van der Waals surface area contributed by atoms with Crippen LogP contribution < -0.4 is 9.80 Å². The Morgan fingerprint density at radius 3 is 2.00 bits per heavy atom. The molecule has 2 aromatic heterocycles. The number of pyridine rings is 1. The summed E-state index contributed by atoms with van der Waals surface area (Å²) in [7, 11) is 2.14. The fraction of sp³-hybridized carbons (Fsp3) is 0.474. The van der Waals surface area contributed by atoms with Crippen LogP contribution in [-0.2, 0) is 0 Å². The quantitative estimate of drug-likeness (QED) is 0.705. The first kappa shape index (κ1) is 19.1. The molecule has 4 rings (SSSR count).